The fourth-order valence-electron chi connectivity index (χ4n) is 3.93. The number of sulfonamides is 1. The van der Waals surface area contributed by atoms with Crippen molar-refractivity contribution in [3.63, 3.8) is 0 Å². The minimum atomic E-state index is -3.51. The predicted molar refractivity (Wildman–Crippen MR) is 128 cm³/mol. The molecule has 0 saturated heterocycles. The van der Waals surface area contributed by atoms with E-state index in [0.29, 0.717) is 12.1 Å². The minimum Gasteiger partial charge on any atom is -0.327 e. The van der Waals surface area contributed by atoms with Gasteiger partial charge in [0.25, 0.3) is 0 Å². The number of hydrogen-bond donors (Lipinski definition) is 1. The number of hydrogen-bond acceptors (Lipinski definition) is 4. The van der Waals surface area contributed by atoms with E-state index >= 15 is 0 Å². The molecule has 4 rings (SSSR count). The van der Waals surface area contributed by atoms with Crippen molar-refractivity contribution in [3.05, 3.63) is 95.8 Å². The number of imidazole rings is 1. The van der Waals surface area contributed by atoms with E-state index in [0.717, 1.165) is 17.9 Å². The molecule has 3 aromatic carbocycles. The summed E-state index contributed by atoms with van der Waals surface area (Å²) in [5, 5.41) is 3.66. The third-order valence-electron chi connectivity index (χ3n) is 5.62. The van der Waals surface area contributed by atoms with Crippen molar-refractivity contribution in [2.24, 2.45) is 0 Å². The average molecular weight is 449 g/mol. The Morgan fingerprint density at radius 1 is 0.938 bits per heavy atom. The second kappa shape index (κ2) is 9.24. The van der Waals surface area contributed by atoms with Crippen molar-refractivity contribution in [3.8, 4) is 0 Å². The van der Waals surface area contributed by atoms with E-state index in [1.807, 2.05) is 42.5 Å². The zero-order valence-corrected chi connectivity index (χ0v) is 19.4. The van der Waals surface area contributed by atoms with Gasteiger partial charge in [0, 0.05) is 20.6 Å². The summed E-state index contributed by atoms with van der Waals surface area (Å²) in [6.07, 6.45) is 0. The molecule has 6 nitrogen and oxygen atoms in total. The van der Waals surface area contributed by atoms with Crippen LogP contribution in [-0.4, -0.2) is 36.4 Å². The van der Waals surface area contributed by atoms with Gasteiger partial charge in [-0.3, -0.25) is 5.32 Å². The maximum Gasteiger partial charge on any atom is 0.242 e. The Bertz CT molecular complexity index is 1260. The lowest BCUT2D eigenvalue weighted by Gasteiger charge is -2.20. The van der Waals surface area contributed by atoms with Gasteiger partial charge < -0.3 is 4.57 Å². The number of benzene rings is 3. The summed E-state index contributed by atoms with van der Waals surface area (Å²) in [7, 11) is -0.439. The lowest BCUT2D eigenvalue weighted by Crippen LogP contribution is -2.23. The van der Waals surface area contributed by atoms with Crippen LogP contribution in [-0.2, 0) is 23.1 Å². The summed E-state index contributed by atoms with van der Waals surface area (Å²) in [5.41, 5.74) is 3.97. The molecule has 1 N–H and O–H groups in total. The molecular formula is C25H28N4O2S. The van der Waals surface area contributed by atoms with Gasteiger partial charge >= 0.3 is 0 Å². The highest BCUT2D eigenvalue weighted by Gasteiger charge is 2.20. The lowest BCUT2D eigenvalue weighted by molar-refractivity contribution is 0.521. The van der Waals surface area contributed by atoms with E-state index < -0.39 is 10.0 Å². The van der Waals surface area contributed by atoms with Crippen molar-refractivity contribution < 1.29 is 8.42 Å². The third kappa shape index (κ3) is 4.32. The number of rotatable bonds is 8. The molecule has 0 aliphatic heterocycles. The van der Waals surface area contributed by atoms with Gasteiger partial charge in [-0.1, -0.05) is 60.7 Å². The SMILES string of the molecule is CCn1c(CNC(c2ccccc2)c2ccccc2)nc2cc(S(=O)(=O)N(C)C)ccc21. The van der Waals surface area contributed by atoms with Crippen LogP contribution in [0.1, 0.15) is 29.9 Å². The summed E-state index contributed by atoms with van der Waals surface area (Å²) in [6, 6.07) is 25.8. The van der Waals surface area contributed by atoms with Crippen LogP contribution in [0.3, 0.4) is 0 Å². The normalized spacial score (nSPS) is 12.2. The number of aryl methyl sites for hydroxylation is 1. The largest absolute Gasteiger partial charge is 0.327 e. The van der Waals surface area contributed by atoms with E-state index in [1.165, 1.54) is 29.5 Å². The Morgan fingerprint density at radius 2 is 1.53 bits per heavy atom. The highest BCUT2D eigenvalue weighted by Crippen LogP contribution is 2.25. The van der Waals surface area contributed by atoms with Crippen molar-refractivity contribution >= 4 is 21.1 Å². The summed E-state index contributed by atoms with van der Waals surface area (Å²) < 4.78 is 28.4. The molecule has 0 amide bonds. The van der Waals surface area contributed by atoms with E-state index in [1.54, 1.807) is 12.1 Å². The van der Waals surface area contributed by atoms with Gasteiger partial charge in [0.15, 0.2) is 0 Å². The Morgan fingerprint density at radius 3 is 2.06 bits per heavy atom. The summed E-state index contributed by atoms with van der Waals surface area (Å²) in [5.74, 6) is 0.874. The van der Waals surface area contributed by atoms with Crippen molar-refractivity contribution in [2.45, 2.75) is 31.0 Å². The fourth-order valence-corrected chi connectivity index (χ4v) is 4.85. The van der Waals surface area contributed by atoms with Gasteiger partial charge in [-0.2, -0.15) is 0 Å². The third-order valence-corrected chi connectivity index (χ3v) is 7.43. The second-order valence-electron chi connectivity index (χ2n) is 7.85. The first kappa shape index (κ1) is 22.2. The van der Waals surface area contributed by atoms with Crippen LogP contribution in [0.15, 0.2) is 83.8 Å². The number of nitrogens with zero attached hydrogens (tertiary/aromatic N) is 3. The molecule has 1 heterocycles. The van der Waals surface area contributed by atoms with Crippen LogP contribution < -0.4 is 5.32 Å². The molecule has 4 aromatic rings. The average Bonchev–Trinajstić information content (AvgIpc) is 3.17. The first-order valence-corrected chi connectivity index (χ1v) is 12.1. The van der Waals surface area contributed by atoms with Gasteiger partial charge in [-0.05, 0) is 36.2 Å². The van der Waals surface area contributed by atoms with E-state index in [-0.39, 0.29) is 10.9 Å². The zero-order chi connectivity index (χ0) is 22.7. The molecule has 0 saturated carbocycles. The number of aromatic nitrogens is 2. The standard InChI is InChI=1S/C25H28N4O2S/c1-4-29-23-16-15-21(32(30,31)28(2)3)17-22(23)27-24(29)18-26-25(19-11-7-5-8-12-19)20-13-9-6-10-14-20/h5-17,25-26H,4,18H2,1-3H3. The van der Waals surface area contributed by atoms with E-state index in [2.05, 4.69) is 41.1 Å². The molecule has 1 aromatic heterocycles. The molecular weight excluding hydrogens is 420 g/mol. The van der Waals surface area contributed by atoms with Crippen molar-refractivity contribution in [1.82, 2.24) is 19.2 Å². The molecule has 0 radical (unpaired) electrons. The summed E-state index contributed by atoms with van der Waals surface area (Å²) >= 11 is 0. The fraction of sp³-hybridized carbons (Fsp3) is 0.240. The molecule has 0 aliphatic carbocycles. The molecule has 166 valence electrons. The van der Waals surface area contributed by atoms with Crippen LogP contribution in [0.2, 0.25) is 0 Å². The molecule has 0 atom stereocenters. The highest BCUT2D eigenvalue weighted by atomic mass is 32.2. The van der Waals surface area contributed by atoms with Crippen molar-refractivity contribution in [2.75, 3.05) is 14.1 Å². The Hall–Kier alpha value is -3.00. The Kier molecular flexibility index (Phi) is 6.41. The number of nitrogens with one attached hydrogen (secondary N) is 1. The predicted octanol–water partition coefficient (Wildman–Crippen LogP) is 4.19. The first-order chi connectivity index (χ1) is 15.4. The van der Waals surface area contributed by atoms with Gasteiger partial charge in [0.2, 0.25) is 10.0 Å². The smallest absolute Gasteiger partial charge is 0.242 e. The second-order valence-corrected chi connectivity index (χ2v) is 10.00. The Labute approximate surface area is 189 Å². The van der Waals surface area contributed by atoms with Crippen LogP contribution in [0, 0.1) is 0 Å². The molecule has 32 heavy (non-hydrogen) atoms. The van der Waals surface area contributed by atoms with Gasteiger partial charge in [-0.15, -0.1) is 0 Å². The summed E-state index contributed by atoms with van der Waals surface area (Å²) in [6.45, 7) is 3.36. The zero-order valence-electron chi connectivity index (χ0n) is 18.6. The van der Waals surface area contributed by atoms with Gasteiger partial charge in [0.1, 0.15) is 5.82 Å². The molecule has 0 spiro atoms. The minimum absolute atomic E-state index is 0.0206. The van der Waals surface area contributed by atoms with Crippen LogP contribution in [0.4, 0.5) is 0 Å². The van der Waals surface area contributed by atoms with Gasteiger partial charge in [-0.25, -0.2) is 17.7 Å². The highest BCUT2D eigenvalue weighted by molar-refractivity contribution is 7.89. The maximum atomic E-state index is 12.5. The monoisotopic (exact) mass is 448 g/mol. The quantitative estimate of drug-likeness (QED) is 0.439. The van der Waals surface area contributed by atoms with Gasteiger partial charge in [0.05, 0.1) is 28.5 Å². The Balaban J connectivity index is 1.68. The van der Waals surface area contributed by atoms with Crippen LogP contribution in [0.25, 0.3) is 11.0 Å². The van der Waals surface area contributed by atoms with E-state index in [4.69, 9.17) is 4.98 Å². The first-order valence-electron chi connectivity index (χ1n) is 10.7. The maximum absolute atomic E-state index is 12.5. The molecule has 0 fully saturated rings. The molecule has 0 unspecified atom stereocenters. The van der Waals surface area contributed by atoms with Crippen molar-refractivity contribution in [1.29, 1.82) is 0 Å². The lowest BCUT2D eigenvalue weighted by atomic mass is 9.99. The number of fused-ring (bicyclic) bond motifs is 1. The summed E-state index contributed by atoms with van der Waals surface area (Å²) in [4.78, 5) is 5.05. The van der Waals surface area contributed by atoms with Crippen LogP contribution in [0.5, 0.6) is 0 Å². The van der Waals surface area contributed by atoms with E-state index in [9.17, 15) is 8.42 Å². The van der Waals surface area contributed by atoms with Crippen LogP contribution >= 0.6 is 0 Å². The molecule has 0 aliphatic rings. The topological polar surface area (TPSA) is 67.2 Å². The molecule has 0 bridgehead atoms. The molecule has 7 heteroatoms.